The van der Waals surface area contributed by atoms with E-state index in [1.807, 2.05) is 25.1 Å². The zero-order chi connectivity index (χ0) is 15.8. The second kappa shape index (κ2) is 8.54. The molecule has 0 radical (unpaired) electrons. The van der Waals surface area contributed by atoms with Crippen molar-refractivity contribution in [3.63, 3.8) is 0 Å². The van der Waals surface area contributed by atoms with Gasteiger partial charge < -0.3 is 5.32 Å². The maximum atomic E-state index is 12.2. The van der Waals surface area contributed by atoms with Crippen molar-refractivity contribution in [1.82, 2.24) is 15.3 Å². The van der Waals surface area contributed by atoms with E-state index in [-0.39, 0.29) is 11.2 Å². The van der Waals surface area contributed by atoms with E-state index in [2.05, 4.69) is 34.3 Å². The lowest BCUT2D eigenvalue weighted by molar-refractivity contribution is -0.120. The number of thioether (sulfide) groups is 1. The van der Waals surface area contributed by atoms with Gasteiger partial charge in [0.15, 0.2) is 5.16 Å². The molecule has 0 bridgehead atoms. The average molecular weight is 315 g/mol. The lowest BCUT2D eigenvalue weighted by atomic mass is 9.96. The highest BCUT2D eigenvalue weighted by molar-refractivity contribution is 8.00. The molecular formula is C17H21N3OS. The zero-order valence-electron chi connectivity index (χ0n) is 12.9. The Labute approximate surface area is 135 Å². The van der Waals surface area contributed by atoms with Crippen molar-refractivity contribution in [2.45, 2.75) is 36.6 Å². The number of benzene rings is 1. The second-order valence-corrected chi connectivity index (χ2v) is 6.36. The fraction of sp³-hybridized carbons (Fsp3) is 0.353. The van der Waals surface area contributed by atoms with Crippen molar-refractivity contribution in [1.29, 1.82) is 0 Å². The summed E-state index contributed by atoms with van der Waals surface area (Å²) < 4.78 is 0. The number of aromatic nitrogens is 2. The molecule has 1 heterocycles. The van der Waals surface area contributed by atoms with Gasteiger partial charge in [-0.15, -0.1) is 0 Å². The fourth-order valence-corrected chi connectivity index (χ4v) is 2.90. The second-order valence-electron chi connectivity index (χ2n) is 5.05. The van der Waals surface area contributed by atoms with E-state index in [4.69, 9.17) is 0 Å². The molecule has 2 rings (SSSR count). The number of rotatable bonds is 7. The van der Waals surface area contributed by atoms with Crippen LogP contribution in [0, 0.1) is 0 Å². The molecule has 2 aromatic rings. The number of hydrogen-bond donors (Lipinski definition) is 1. The molecule has 5 heteroatoms. The lowest BCUT2D eigenvalue weighted by Crippen LogP contribution is -2.34. The first-order chi connectivity index (χ1) is 10.7. The molecule has 0 spiro atoms. The molecule has 0 saturated heterocycles. The fourth-order valence-electron chi connectivity index (χ4n) is 2.15. The van der Waals surface area contributed by atoms with E-state index < -0.39 is 0 Å². The number of nitrogens with zero attached hydrogens (tertiary/aromatic N) is 2. The van der Waals surface area contributed by atoms with Crippen LogP contribution < -0.4 is 5.32 Å². The van der Waals surface area contributed by atoms with Crippen LogP contribution in [0.15, 0.2) is 53.9 Å². The Morgan fingerprint density at radius 2 is 1.86 bits per heavy atom. The summed E-state index contributed by atoms with van der Waals surface area (Å²) in [5.74, 6) is 0.363. The standard InChI is InChI=1S/C17H21N3OS/c1-3-14(15-8-5-4-6-9-15)12-20-16(21)13(2)22-17-18-10-7-11-19-17/h4-11,13-14H,3,12H2,1-2H3,(H,20,21)/t13-,14-/m0/s1. The van der Waals surface area contributed by atoms with E-state index in [0.717, 1.165) is 6.42 Å². The quantitative estimate of drug-likeness (QED) is 0.629. The third-order valence-electron chi connectivity index (χ3n) is 3.48. The summed E-state index contributed by atoms with van der Waals surface area (Å²) in [7, 11) is 0. The molecule has 0 fully saturated rings. The van der Waals surface area contributed by atoms with Crippen LogP contribution in [-0.2, 0) is 4.79 Å². The summed E-state index contributed by atoms with van der Waals surface area (Å²) in [5, 5.41) is 3.45. The van der Waals surface area contributed by atoms with Gasteiger partial charge in [0.05, 0.1) is 5.25 Å². The van der Waals surface area contributed by atoms with Gasteiger partial charge in [0, 0.05) is 24.9 Å². The van der Waals surface area contributed by atoms with Gasteiger partial charge in [-0.1, -0.05) is 49.0 Å². The molecule has 1 N–H and O–H groups in total. The van der Waals surface area contributed by atoms with Crippen LogP contribution in [0.4, 0.5) is 0 Å². The number of carbonyl (C=O) groups is 1. The molecule has 1 aromatic carbocycles. The first-order valence-electron chi connectivity index (χ1n) is 7.47. The van der Waals surface area contributed by atoms with Gasteiger partial charge in [-0.2, -0.15) is 0 Å². The molecular weight excluding hydrogens is 294 g/mol. The molecule has 0 aliphatic rings. The van der Waals surface area contributed by atoms with E-state index >= 15 is 0 Å². The van der Waals surface area contributed by atoms with E-state index in [0.29, 0.717) is 17.6 Å². The van der Waals surface area contributed by atoms with Crippen molar-refractivity contribution in [2.75, 3.05) is 6.54 Å². The van der Waals surface area contributed by atoms with E-state index in [1.165, 1.54) is 17.3 Å². The Morgan fingerprint density at radius 1 is 1.18 bits per heavy atom. The summed E-state index contributed by atoms with van der Waals surface area (Å²) in [6.45, 7) is 4.67. The van der Waals surface area contributed by atoms with Crippen LogP contribution in [0.3, 0.4) is 0 Å². The summed E-state index contributed by atoms with van der Waals surface area (Å²) in [5.41, 5.74) is 1.26. The molecule has 2 atom stereocenters. The van der Waals surface area contributed by atoms with E-state index in [9.17, 15) is 4.79 Å². The maximum Gasteiger partial charge on any atom is 0.233 e. The molecule has 0 aliphatic heterocycles. The normalized spacial score (nSPS) is 13.4. The van der Waals surface area contributed by atoms with Crippen LogP contribution in [-0.4, -0.2) is 27.7 Å². The van der Waals surface area contributed by atoms with Crippen LogP contribution in [0.25, 0.3) is 0 Å². The zero-order valence-corrected chi connectivity index (χ0v) is 13.7. The highest BCUT2D eigenvalue weighted by Crippen LogP contribution is 2.20. The SMILES string of the molecule is CC[C@@H](CNC(=O)[C@H](C)Sc1ncccn1)c1ccccc1. The minimum Gasteiger partial charge on any atom is -0.355 e. The van der Waals surface area contributed by atoms with Gasteiger partial charge in [-0.3, -0.25) is 4.79 Å². The third kappa shape index (κ3) is 4.84. The van der Waals surface area contributed by atoms with E-state index in [1.54, 1.807) is 18.5 Å². The lowest BCUT2D eigenvalue weighted by Gasteiger charge is -2.18. The number of hydrogen-bond acceptors (Lipinski definition) is 4. The summed E-state index contributed by atoms with van der Waals surface area (Å²) in [6.07, 6.45) is 4.36. The summed E-state index contributed by atoms with van der Waals surface area (Å²) in [6, 6.07) is 12.1. The third-order valence-corrected chi connectivity index (χ3v) is 4.47. The average Bonchev–Trinajstić information content (AvgIpc) is 2.57. The van der Waals surface area contributed by atoms with Crippen LogP contribution in [0.5, 0.6) is 0 Å². The Balaban J connectivity index is 1.86. The van der Waals surface area contributed by atoms with Gasteiger partial charge in [-0.25, -0.2) is 9.97 Å². The van der Waals surface area contributed by atoms with Crippen molar-refractivity contribution in [2.24, 2.45) is 0 Å². The van der Waals surface area contributed by atoms with Gasteiger partial charge >= 0.3 is 0 Å². The van der Waals surface area contributed by atoms with Crippen LogP contribution in [0.2, 0.25) is 0 Å². The predicted molar refractivity (Wildman–Crippen MR) is 89.8 cm³/mol. The largest absolute Gasteiger partial charge is 0.355 e. The molecule has 1 aromatic heterocycles. The Hall–Kier alpha value is -1.88. The molecule has 0 aliphatic carbocycles. The minimum atomic E-state index is -0.212. The van der Waals surface area contributed by atoms with Gasteiger partial charge in [0.2, 0.25) is 5.91 Å². The number of nitrogens with one attached hydrogen (secondary N) is 1. The van der Waals surface area contributed by atoms with Crippen molar-refractivity contribution < 1.29 is 4.79 Å². The van der Waals surface area contributed by atoms with Crippen molar-refractivity contribution >= 4 is 17.7 Å². The highest BCUT2D eigenvalue weighted by atomic mass is 32.2. The summed E-state index contributed by atoms with van der Waals surface area (Å²) in [4.78, 5) is 20.5. The summed E-state index contributed by atoms with van der Waals surface area (Å²) >= 11 is 1.37. The topological polar surface area (TPSA) is 54.9 Å². The first kappa shape index (κ1) is 16.5. The van der Waals surface area contributed by atoms with Crippen molar-refractivity contribution in [3.05, 3.63) is 54.4 Å². The molecule has 1 amide bonds. The van der Waals surface area contributed by atoms with Crippen LogP contribution in [0.1, 0.15) is 31.7 Å². The Bertz CT molecular complexity index is 577. The minimum absolute atomic E-state index is 0.0202. The monoisotopic (exact) mass is 315 g/mol. The Kier molecular flexibility index (Phi) is 6.40. The molecule has 116 valence electrons. The number of amides is 1. The molecule has 0 unspecified atom stereocenters. The van der Waals surface area contributed by atoms with Gasteiger partial charge in [0.25, 0.3) is 0 Å². The molecule has 0 saturated carbocycles. The molecule has 4 nitrogen and oxygen atoms in total. The maximum absolute atomic E-state index is 12.2. The van der Waals surface area contributed by atoms with Crippen molar-refractivity contribution in [3.8, 4) is 0 Å². The van der Waals surface area contributed by atoms with Gasteiger partial charge in [-0.05, 0) is 25.0 Å². The first-order valence-corrected chi connectivity index (χ1v) is 8.35. The predicted octanol–water partition coefficient (Wildman–Crippen LogP) is 3.27. The van der Waals surface area contributed by atoms with Crippen LogP contribution >= 0.6 is 11.8 Å². The van der Waals surface area contributed by atoms with Gasteiger partial charge in [0.1, 0.15) is 0 Å². The Morgan fingerprint density at radius 3 is 2.50 bits per heavy atom. The highest BCUT2D eigenvalue weighted by Gasteiger charge is 2.17. The number of carbonyl (C=O) groups excluding carboxylic acids is 1. The molecule has 22 heavy (non-hydrogen) atoms. The smallest absolute Gasteiger partial charge is 0.233 e.